The zero-order chi connectivity index (χ0) is 28.7. The fourth-order valence-electron chi connectivity index (χ4n) is 3.75. The van der Waals surface area contributed by atoms with E-state index < -0.39 is 28.2 Å². The molecule has 2 aromatic rings. The van der Waals surface area contributed by atoms with Crippen LogP contribution in [0.2, 0.25) is 0 Å². The van der Waals surface area contributed by atoms with E-state index in [0.29, 0.717) is 17.5 Å². The quantitative estimate of drug-likeness (QED) is 0.154. The Labute approximate surface area is 226 Å². The van der Waals surface area contributed by atoms with Crippen LogP contribution in [-0.2, 0) is 32.3 Å². The number of fused-ring (bicyclic) bond motifs is 5. The molecule has 0 aromatic heterocycles. The van der Waals surface area contributed by atoms with Crippen molar-refractivity contribution in [3.05, 3.63) is 73.8 Å². The zero-order valence-corrected chi connectivity index (χ0v) is 21.7. The van der Waals surface area contributed by atoms with Gasteiger partial charge in [0.2, 0.25) is 17.9 Å². The lowest BCUT2D eigenvalue weighted by Gasteiger charge is -2.47. The minimum absolute atomic E-state index is 0.0139. The first kappa shape index (κ1) is 29.3. The lowest BCUT2D eigenvalue weighted by molar-refractivity contribution is -0.385. The number of carbonyl (C=O) groups is 3. The predicted molar refractivity (Wildman–Crippen MR) is 135 cm³/mol. The zero-order valence-electron chi connectivity index (χ0n) is 20.9. The molecule has 15 heteroatoms. The molecule has 0 saturated carbocycles. The van der Waals surface area contributed by atoms with E-state index >= 15 is 0 Å². The standard InChI is InChI=1S/C16H20N2O6S.C8H5NO5/c1-3-12-13(19)17(15(12)25-4-2)14(20)16(21)24-9-10-5-7-11(8-6-10)18(22)23;10-8-13-4-5-1-2-7(14-8)6(3-5)9(11)12/h5-8,12,14-15,20H,3-4,9H2,1-2H3;1-3H,4H2. The smallest absolute Gasteiger partial charge is 0.457 e. The van der Waals surface area contributed by atoms with Crippen LogP contribution in [0, 0.1) is 26.1 Å². The van der Waals surface area contributed by atoms with Crippen molar-refractivity contribution in [2.75, 3.05) is 5.75 Å². The van der Waals surface area contributed by atoms with Gasteiger partial charge in [-0.3, -0.25) is 29.9 Å². The van der Waals surface area contributed by atoms with Gasteiger partial charge in [0, 0.05) is 18.2 Å². The van der Waals surface area contributed by atoms with E-state index in [1.54, 1.807) is 6.07 Å². The van der Waals surface area contributed by atoms with Gasteiger partial charge in [-0.15, -0.1) is 11.8 Å². The van der Waals surface area contributed by atoms with Gasteiger partial charge in [-0.25, -0.2) is 9.59 Å². The van der Waals surface area contributed by atoms with Crippen molar-refractivity contribution in [1.29, 1.82) is 0 Å². The molecule has 0 aliphatic carbocycles. The number of nitro benzene ring substituents is 2. The number of ether oxygens (including phenoxy) is 3. The summed E-state index contributed by atoms with van der Waals surface area (Å²) in [7, 11) is 0. The van der Waals surface area contributed by atoms with E-state index in [1.165, 1.54) is 48.2 Å². The molecule has 1 N–H and O–H groups in total. The van der Waals surface area contributed by atoms with Crippen molar-refractivity contribution in [1.82, 2.24) is 4.90 Å². The summed E-state index contributed by atoms with van der Waals surface area (Å²) in [5, 5.41) is 31.1. The largest absolute Gasteiger partial charge is 0.514 e. The molecule has 39 heavy (non-hydrogen) atoms. The summed E-state index contributed by atoms with van der Waals surface area (Å²) < 4.78 is 14.2. The molecule has 3 heterocycles. The number of esters is 1. The average Bonchev–Trinajstić information content (AvgIpc) is 2.90. The van der Waals surface area contributed by atoms with Crippen molar-refractivity contribution < 1.29 is 43.5 Å². The second kappa shape index (κ2) is 13.0. The van der Waals surface area contributed by atoms with Crippen LogP contribution in [0.3, 0.4) is 0 Å². The van der Waals surface area contributed by atoms with Gasteiger partial charge in [0.15, 0.2) is 0 Å². The number of nitro groups is 2. The third-order valence-corrected chi connectivity index (χ3v) is 6.97. The minimum Gasteiger partial charge on any atom is -0.457 e. The summed E-state index contributed by atoms with van der Waals surface area (Å²) in [5.74, 6) is -0.697. The molecule has 208 valence electrons. The van der Waals surface area contributed by atoms with Gasteiger partial charge in [0.1, 0.15) is 13.2 Å². The number of aliphatic hydroxyl groups is 1. The van der Waals surface area contributed by atoms with Crippen LogP contribution >= 0.6 is 11.8 Å². The number of hydrogen-bond donors (Lipinski definition) is 1. The lowest BCUT2D eigenvalue weighted by atomic mass is 9.95. The molecule has 14 nitrogen and oxygen atoms in total. The molecule has 2 bridgehead atoms. The Morgan fingerprint density at radius 1 is 1.15 bits per heavy atom. The predicted octanol–water partition coefficient (Wildman–Crippen LogP) is 3.53. The third kappa shape index (κ3) is 7.00. The number of likely N-dealkylation sites (tertiary alicyclic amines) is 1. The van der Waals surface area contributed by atoms with E-state index in [-0.39, 0.29) is 47.5 Å². The van der Waals surface area contributed by atoms with E-state index in [1.807, 2.05) is 13.8 Å². The summed E-state index contributed by atoms with van der Waals surface area (Å²) in [6.07, 6.45) is -1.91. The Morgan fingerprint density at radius 2 is 1.85 bits per heavy atom. The average molecular weight is 564 g/mol. The van der Waals surface area contributed by atoms with Crippen molar-refractivity contribution >= 4 is 41.2 Å². The Kier molecular flexibility index (Phi) is 9.78. The molecular weight excluding hydrogens is 538 g/mol. The van der Waals surface area contributed by atoms with Crippen LogP contribution in [0.25, 0.3) is 0 Å². The molecule has 1 fully saturated rings. The number of amides is 1. The number of β-lactam (4-membered cyclic amide) rings is 1. The molecule has 5 rings (SSSR count). The summed E-state index contributed by atoms with van der Waals surface area (Å²) in [4.78, 5) is 56.1. The molecule has 0 spiro atoms. The first-order valence-corrected chi connectivity index (χ1v) is 12.8. The van der Waals surface area contributed by atoms with Gasteiger partial charge >= 0.3 is 17.8 Å². The molecule has 3 atom stereocenters. The fraction of sp³-hybridized carbons (Fsp3) is 0.375. The maximum Gasteiger partial charge on any atom is 0.514 e. The highest BCUT2D eigenvalue weighted by Crippen LogP contribution is 2.38. The van der Waals surface area contributed by atoms with Gasteiger partial charge < -0.3 is 19.3 Å². The Hall–Kier alpha value is -4.24. The van der Waals surface area contributed by atoms with Crippen LogP contribution in [0.1, 0.15) is 31.4 Å². The van der Waals surface area contributed by atoms with E-state index in [9.17, 15) is 39.7 Å². The Balaban J connectivity index is 0.000000252. The van der Waals surface area contributed by atoms with Gasteiger partial charge in [0.05, 0.1) is 21.1 Å². The van der Waals surface area contributed by atoms with Gasteiger partial charge in [-0.1, -0.05) is 19.9 Å². The maximum atomic E-state index is 12.1. The molecule has 3 unspecified atom stereocenters. The first-order valence-electron chi connectivity index (χ1n) is 11.7. The molecule has 1 amide bonds. The van der Waals surface area contributed by atoms with Crippen LogP contribution in [0.15, 0.2) is 42.5 Å². The normalized spacial score (nSPS) is 18.3. The van der Waals surface area contributed by atoms with E-state index in [0.717, 1.165) is 10.7 Å². The number of carbonyl (C=O) groups excluding carboxylic acids is 3. The van der Waals surface area contributed by atoms with E-state index in [4.69, 9.17) is 4.74 Å². The Bertz CT molecular complexity index is 1250. The van der Waals surface area contributed by atoms with Crippen LogP contribution in [-0.4, -0.2) is 55.2 Å². The highest BCUT2D eigenvalue weighted by atomic mass is 32.2. The first-order chi connectivity index (χ1) is 18.6. The highest BCUT2D eigenvalue weighted by Gasteiger charge is 2.51. The summed E-state index contributed by atoms with van der Waals surface area (Å²) >= 11 is 1.50. The van der Waals surface area contributed by atoms with Gasteiger partial charge in [-0.05, 0) is 41.5 Å². The highest BCUT2D eigenvalue weighted by molar-refractivity contribution is 7.99. The van der Waals surface area contributed by atoms with Crippen molar-refractivity contribution in [3.8, 4) is 5.75 Å². The second-order valence-corrected chi connectivity index (χ2v) is 9.60. The number of benzene rings is 2. The lowest BCUT2D eigenvalue weighted by Crippen LogP contribution is -2.64. The number of thioether (sulfide) groups is 1. The summed E-state index contributed by atoms with van der Waals surface area (Å²) in [6, 6.07) is 9.85. The van der Waals surface area contributed by atoms with Gasteiger partial charge in [-0.2, -0.15) is 0 Å². The maximum absolute atomic E-state index is 12.1. The molecule has 3 aliphatic rings. The summed E-state index contributed by atoms with van der Waals surface area (Å²) in [6.45, 7) is 3.68. The molecule has 3 aliphatic heterocycles. The topological polar surface area (TPSA) is 189 Å². The fourth-order valence-corrected chi connectivity index (χ4v) is 5.02. The molecular formula is C24H25N3O11S. The monoisotopic (exact) mass is 563 g/mol. The number of nitrogens with zero attached hydrogens (tertiary/aromatic N) is 3. The van der Waals surface area contributed by atoms with Gasteiger partial charge in [0.25, 0.3) is 5.69 Å². The minimum atomic E-state index is -1.64. The van der Waals surface area contributed by atoms with Crippen molar-refractivity contribution in [3.63, 3.8) is 0 Å². The molecule has 2 aromatic carbocycles. The van der Waals surface area contributed by atoms with Crippen molar-refractivity contribution in [2.24, 2.45) is 5.92 Å². The Morgan fingerprint density at radius 3 is 2.44 bits per heavy atom. The van der Waals surface area contributed by atoms with Crippen LogP contribution in [0.5, 0.6) is 5.75 Å². The summed E-state index contributed by atoms with van der Waals surface area (Å²) in [5.41, 5.74) is 0.828. The van der Waals surface area contributed by atoms with Crippen LogP contribution < -0.4 is 4.74 Å². The number of non-ortho nitro benzene ring substituents is 1. The number of rotatable bonds is 9. The molecule has 0 radical (unpaired) electrons. The second-order valence-electron chi connectivity index (χ2n) is 8.21. The third-order valence-electron chi connectivity index (χ3n) is 5.74. The number of hydrogen-bond acceptors (Lipinski definition) is 12. The molecule has 1 saturated heterocycles. The van der Waals surface area contributed by atoms with Crippen LogP contribution in [0.4, 0.5) is 16.2 Å². The van der Waals surface area contributed by atoms with Crippen molar-refractivity contribution in [2.45, 2.75) is 45.1 Å². The SMILES string of the molecule is CCSC1C(CC)C(=O)N1C(O)C(=O)OCc1ccc([N+](=O)[O-])cc1.O=C1OCc2ccc(c([N+](=O)[O-])c2)O1. The van der Waals surface area contributed by atoms with E-state index in [2.05, 4.69) is 9.47 Å². The number of aliphatic hydroxyl groups excluding tert-OH is 1.